The second kappa shape index (κ2) is 4.69. The number of aromatic nitrogens is 1. The minimum atomic E-state index is -0.827. The van der Waals surface area contributed by atoms with Crippen LogP contribution in [0.1, 0.15) is 10.5 Å². The zero-order valence-corrected chi connectivity index (χ0v) is 9.37. The summed E-state index contributed by atoms with van der Waals surface area (Å²) < 4.78 is 23.9. The van der Waals surface area contributed by atoms with E-state index in [0.29, 0.717) is 24.6 Å². The average Bonchev–Trinajstić information content (AvgIpc) is 2.29. The third-order valence-electron chi connectivity index (χ3n) is 2.40. The lowest BCUT2D eigenvalue weighted by molar-refractivity contribution is 0.0764. The number of hydrogen-bond donors (Lipinski definition) is 0. The molecule has 0 bridgehead atoms. The Balaban J connectivity index is 2.10. The van der Waals surface area contributed by atoms with Gasteiger partial charge in [-0.15, -0.1) is 0 Å². The molecule has 4 nitrogen and oxygen atoms in total. The predicted octanol–water partition coefficient (Wildman–Crippen LogP) is 0.425. The number of carbonyl (C=O) groups excluding carboxylic acids is 1. The molecule has 0 atom stereocenters. The molecule has 0 N–H and O–H groups in total. The van der Waals surface area contributed by atoms with Crippen molar-refractivity contribution in [1.29, 1.82) is 0 Å². The van der Waals surface area contributed by atoms with Crippen LogP contribution < -0.4 is 0 Å². The average molecular weight is 242 g/mol. The van der Waals surface area contributed by atoms with Gasteiger partial charge in [0.1, 0.15) is 5.69 Å². The van der Waals surface area contributed by atoms with Gasteiger partial charge in [-0.3, -0.25) is 9.00 Å². The van der Waals surface area contributed by atoms with Crippen molar-refractivity contribution in [3.05, 3.63) is 29.8 Å². The molecule has 0 aliphatic carbocycles. The van der Waals surface area contributed by atoms with Gasteiger partial charge in [0.05, 0.1) is 0 Å². The van der Waals surface area contributed by atoms with Gasteiger partial charge in [-0.25, -0.2) is 4.98 Å². The molecule has 0 radical (unpaired) electrons. The first-order chi connectivity index (χ1) is 7.66. The van der Waals surface area contributed by atoms with Crippen molar-refractivity contribution in [3.8, 4) is 0 Å². The van der Waals surface area contributed by atoms with Gasteiger partial charge in [0, 0.05) is 35.4 Å². The zero-order valence-electron chi connectivity index (χ0n) is 8.56. The van der Waals surface area contributed by atoms with Crippen molar-refractivity contribution >= 4 is 16.7 Å². The summed E-state index contributed by atoms with van der Waals surface area (Å²) in [5, 5.41) is 0. The van der Waals surface area contributed by atoms with E-state index in [0.717, 1.165) is 0 Å². The maximum Gasteiger partial charge on any atom is 0.272 e. The number of nitrogens with zero attached hydrogens (tertiary/aromatic N) is 2. The molecule has 1 aliphatic heterocycles. The summed E-state index contributed by atoms with van der Waals surface area (Å²) in [6.07, 6.45) is 0. The highest BCUT2D eigenvalue weighted by atomic mass is 32.2. The number of pyridine rings is 1. The monoisotopic (exact) mass is 242 g/mol. The molecule has 6 heteroatoms. The van der Waals surface area contributed by atoms with Crippen LogP contribution in [0.4, 0.5) is 4.39 Å². The predicted molar refractivity (Wildman–Crippen MR) is 58.0 cm³/mol. The van der Waals surface area contributed by atoms with E-state index in [1.165, 1.54) is 18.2 Å². The second-order valence-electron chi connectivity index (χ2n) is 3.49. The smallest absolute Gasteiger partial charge is 0.272 e. The standard InChI is InChI=1S/C10H11FN2O2S/c11-9-3-1-2-8(12-9)10(14)13-4-6-16(15)7-5-13/h1-3H,4-7H2. The van der Waals surface area contributed by atoms with Crippen LogP contribution >= 0.6 is 0 Å². The summed E-state index contributed by atoms with van der Waals surface area (Å²) in [6, 6.07) is 4.14. The molecule has 1 aromatic heterocycles. The maximum atomic E-state index is 12.8. The summed E-state index contributed by atoms with van der Waals surface area (Å²) in [7, 11) is -0.827. The highest BCUT2D eigenvalue weighted by Gasteiger charge is 2.22. The van der Waals surface area contributed by atoms with Crippen LogP contribution in [-0.2, 0) is 10.8 Å². The highest BCUT2D eigenvalue weighted by Crippen LogP contribution is 2.07. The SMILES string of the molecule is O=C(c1cccc(F)n1)N1CCS(=O)CC1. The van der Waals surface area contributed by atoms with Crippen LogP contribution in [0.3, 0.4) is 0 Å². The molecular weight excluding hydrogens is 231 g/mol. The first-order valence-corrected chi connectivity index (χ1v) is 6.42. The van der Waals surface area contributed by atoms with E-state index in [-0.39, 0.29) is 11.6 Å². The van der Waals surface area contributed by atoms with E-state index in [9.17, 15) is 13.4 Å². The maximum absolute atomic E-state index is 12.8. The molecule has 0 unspecified atom stereocenters. The molecule has 0 spiro atoms. The molecular formula is C10H11FN2O2S. The van der Waals surface area contributed by atoms with Crippen LogP contribution in [0.15, 0.2) is 18.2 Å². The summed E-state index contributed by atoms with van der Waals surface area (Å²) in [6.45, 7) is 0.896. The van der Waals surface area contributed by atoms with Gasteiger partial charge in [0.15, 0.2) is 0 Å². The Morgan fingerprint density at radius 2 is 2.06 bits per heavy atom. The summed E-state index contributed by atoms with van der Waals surface area (Å²) >= 11 is 0. The van der Waals surface area contributed by atoms with Crippen molar-refractivity contribution in [1.82, 2.24) is 9.88 Å². The molecule has 1 amide bonds. The molecule has 1 fully saturated rings. The molecule has 1 aliphatic rings. The van der Waals surface area contributed by atoms with Crippen molar-refractivity contribution < 1.29 is 13.4 Å². The number of rotatable bonds is 1. The first kappa shape index (κ1) is 11.2. The van der Waals surface area contributed by atoms with Gasteiger partial charge in [-0.05, 0) is 12.1 Å². The van der Waals surface area contributed by atoms with Gasteiger partial charge < -0.3 is 4.90 Å². The van der Waals surface area contributed by atoms with E-state index in [2.05, 4.69) is 4.98 Å². The third-order valence-corrected chi connectivity index (χ3v) is 3.68. The number of carbonyl (C=O) groups is 1. The van der Waals surface area contributed by atoms with Crippen LogP contribution in [0, 0.1) is 5.95 Å². The van der Waals surface area contributed by atoms with Gasteiger partial charge in [0.2, 0.25) is 5.95 Å². The molecule has 0 saturated carbocycles. The van der Waals surface area contributed by atoms with E-state index in [4.69, 9.17) is 0 Å². The lowest BCUT2D eigenvalue weighted by Crippen LogP contribution is -2.42. The fourth-order valence-corrected chi connectivity index (χ4v) is 2.58. The minimum absolute atomic E-state index is 0.104. The molecule has 16 heavy (non-hydrogen) atoms. The number of halogens is 1. The molecule has 86 valence electrons. The Labute approximate surface area is 94.9 Å². The van der Waals surface area contributed by atoms with Crippen molar-refractivity contribution in [2.24, 2.45) is 0 Å². The quantitative estimate of drug-likeness (QED) is 0.671. The molecule has 1 saturated heterocycles. The normalized spacial score (nSPS) is 17.4. The Hall–Kier alpha value is -1.30. The largest absolute Gasteiger partial charge is 0.335 e. The first-order valence-electron chi connectivity index (χ1n) is 4.93. The van der Waals surface area contributed by atoms with Gasteiger partial charge in [0.25, 0.3) is 5.91 Å². The van der Waals surface area contributed by atoms with Gasteiger partial charge in [-0.1, -0.05) is 6.07 Å². The Kier molecular flexibility index (Phi) is 3.28. The number of amides is 1. The van der Waals surface area contributed by atoms with E-state index < -0.39 is 16.7 Å². The van der Waals surface area contributed by atoms with Crippen molar-refractivity contribution in [2.75, 3.05) is 24.6 Å². The number of hydrogen-bond acceptors (Lipinski definition) is 3. The van der Waals surface area contributed by atoms with Crippen LogP contribution in [0.2, 0.25) is 0 Å². The van der Waals surface area contributed by atoms with Gasteiger partial charge >= 0.3 is 0 Å². The topological polar surface area (TPSA) is 50.3 Å². The fraction of sp³-hybridized carbons (Fsp3) is 0.400. The third kappa shape index (κ3) is 2.44. The summed E-state index contributed by atoms with van der Waals surface area (Å²) in [4.78, 5) is 16.9. The second-order valence-corrected chi connectivity index (χ2v) is 5.18. The van der Waals surface area contributed by atoms with Crippen molar-refractivity contribution in [3.63, 3.8) is 0 Å². The molecule has 1 aromatic rings. The minimum Gasteiger partial charge on any atom is -0.335 e. The lowest BCUT2D eigenvalue weighted by Gasteiger charge is -2.25. The van der Waals surface area contributed by atoms with Crippen LogP contribution in [0.25, 0.3) is 0 Å². The van der Waals surface area contributed by atoms with Crippen LogP contribution in [0.5, 0.6) is 0 Å². The Bertz CT molecular complexity index is 429. The van der Waals surface area contributed by atoms with Crippen molar-refractivity contribution in [2.45, 2.75) is 0 Å². The van der Waals surface area contributed by atoms with E-state index >= 15 is 0 Å². The molecule has 2 rings (SSSR count). The van der Waals surface area contributed by atoms with E-state index in [1.807, 2.05) is 0 Å². The molecule has 0 aromatic carbocycles. The van der Waals surface area contributed by atoms with Crippen LogP contribution in [-0.4, -0.2) is 44.6 Å². The summed E-state index contributed by atoms with van der Waals surface area (Å²) in [5.41, 5.74) is 0.104. The van der Waals surface area contributed by atoms with Gasteiger partial charge in [-0.2, -0.15) is 4.39 Å². The zero-order chi connectivity index (χ0) is 11.5. The Morgan fingerprint density at radius 1 is 1.38 bits per heavy atom. The lowest BCUT2D eigenvalue weighted by atomic mass is 10.3. The summed E-state index contributed by atoms with van der Waals surface area (Å²) in [5.74, 6) is 0.0184. The van der Waals surface area contributed by atoms with E-state index in [1.54, 1.807) is 4.90 Å². The highest BCUT2D eigenvalue weighted by molar-refractivity contribution is 7.85. The fourth-order valence-electron chi connectivity index (χ4n) is 1.53. The Morgan fingerprint density at radius 3 is 2.69 bits per heavy atom. The molecule has 2 heterocycles.